The lowest BCUT2D eigenvalue weighted by Gasteiger charge is -2.12. The lowest BCUT2D eigenvalue weighted by atomic mass is 10.1. The topological polar surface area (TPSA) is 62.8 Å². The molecule has 0 spiro atoms. The summed E-state index contributed by atoms with van der Waals surface area (Å²) in [5, 5.41) is 5.65. The smallest absolute Gasteiger partial charge is 0.314 e. The van der Waals surface area contributed by atoms with Gasteiger partial charge in [0.15, 0.2) is 11.5 Å². The van der Waals surface area contributed by atoms with Crippen LogP contribution in [-0.4, -0.2) is 58.4 Å². The fourth-order valence-electron chi connectivity index (χ4n) is 1.92. The number of nitrogens with one attached hydrogen (secondary N) is 2. The highest BCUT2D eigenvalue weighted by molar-refractivity contribution is 5.73. The number of ether oxygens (including phenoxy) is 2. The van der Waals surface area contributed by atoms with Gasteiger partial charge in [-0.05, 0) is 45.1 Å². The molecule has 1 rings (SSSR count). The first-order chi connectivity index (χ1) is 10.6. The summed E-state index contributed by atoms with van der Waals surface area (Å²) in [6, 6.07) is 5.68. The van der Waals surface area contributed by atoms with E-state index >= 15 is 0 Å². The van der Waals surface area contributed by atoms with Crippen LogP contribution < -0.4 is 20.1 Å². The van der Waals surface area contributed by atoms with E-state index in [0.29, 0.717) is 19.7 Å². The van der Waals surface area contributed by atoms with Gasteiger partial charge in [-0.3, -0.25) is 0 Å². The molecule has 2 N–H and O–H groups in total. The Hall–Kier alpha value is -1.95. The highest BCUT2D eigenvalue weighted by Crippen LogP contribution is 2.28. The summed E-state index contributed by atoms with van der Waals surface area (Å²) < 4.78 is 10.8. The van der Waals surface area contributed by atoms with Crippen molar-refractivity contribution in [2.75, 3.05) is 47.4 Å². The Kier molecular flexibility index (Phi) is 8.14. The molecule has 0 atom stereocenters. The Bertz CT molecular complexity index is 464. The molecule has 0 aliphatic carbocycles. The Morgan fingerprint density at radius 2 is 1.91 bits per heavy atom. The number of hydrogen-bond donors (Lipinski definition) is 2. The Morgan fingerprint density at radius 1 is 1.18 bits per heavy atom. The van der Waals surface area contributed by atoms with Crippen LogP contribution in [0.1, 0.15) is 12.5 Å². The van der Waals surface area contributed by atoms with Gasteiger partial charge in [0.2, 0.25) is 0 Å². The van der Waals surface area contributed by atoms with Crippen molar-refractivity contribution < 1.29 is 14.3 Å². The van der Waals surface area contributed by atoms with E-state index in [1.807, 2.05) is 44.1 Å². The average molecular weight is 309 g/mol. The van der Waals surface area contributed by atoms with Crippen molar-refractivity contribution in [1.29, 1.82) is 0 Å². The zero-order valence-electron chi connectivity index (χ0n) is 13.9. The molecule has 1 aromatic rings. The van der Waals surface area contributed by atoms with Crippen LogP contribution in [-0.2, 0) is 6.42 Å². The van der Waals surface area contributed by atoms with Crippen molar-refractivity contribution in [2.24, 2.45) is 0 Å². The van der Waals surface area contributed by atoms with E-state index in [4.69, 9.17) is 9.47 Å². The van der Waals surface area contributed by atoms with E-state index < -0.39 is 0 Å². The lowest BCUT2D eigenvalue weighted by molar-refractivity contribution is 0.239. The Balaban J connectivity index is 2.37. The van der Waals surface area contributed by atoms with Crippen molar-refractivity contribution >= 4 is 6.03 Å². The van der Waals surface area contributed by atoms with Gasteiger partial charge < -0.3 is 25.0 Å². The molecule has 22 heavy (non-hydrogen) atoms. The lowest BCUT2D eigenvalue weighted by Crippen LogP contribution is -2.39. The number of carbonyl (C=O) groups is 1. The minimum Gasteiger partial charge on any atom is -0.493 e. The van der Waals surface area contributed by atoms with Gasteiger partial charge >= 0.3 is 6.03 Å². The van der Waals surface area contributed by atoms with Crippen molar-refractivity contribution in [3.05, 3.63) is 23.8 Å². The number of rotatable bonds is 9. The number of amides is 2. The molecule has 0 saturated carbocycles. The molecular formula is C16H27N3O3. The molecule has 6 heteroatoms. The molecule has 0 aromatic heterocycles. The molecule has 2 amide bonds. The fourth-order valence-corrected chi connectivity index (χ4v) is 1.92. The quantitative estimate of drug-likeness (QED) is 0.725. The third-order valence-corrected chi connectivity index (χ3v) is 3.07. The van der Waals surface area contributed by atoms with E-state index in [9.17, 15) is 4.79 Å². The molecule has 0 saturated heterocycles. The average Bonchev–Trinajstić information content (AvgIpc) is 2.48. The zero-order chi connectivity index (χ0) is 16.4. The van der Waals surface area contributed by atoms with Crippen LogP contribution in [0, 0.1) is 0 Å². The maximum Gasteiger partial charge on any atom is 0.314 e. The predicted octanol–water partition coefficient (Wildman–Crippen LogP) is 1.50. The van der Waals surface area contributed by atoms with Gasteiger partial charge in [-0.25, -0.2) is 4.79 Å². The number of urea groups is 1. The van der Waals surface area contributed by atoms with Crippen LogP contribution in [0.4, 0.5) is 4.79 Å². The van der Waals surface area contributed by atoms with Crippen LogP contribution in [0.5, 0.6) is 11.5 Å². The summed E-state index contributed by atoms with van der Waals surface area (Å²) in [5.74, 6) is 1.46. The van der Waals surface area contributed by atoms with Crippen LogP contribution in [0.15, 0.2) is 18.2 Å². The van der Waals surface area contributed by atoms with E-state index in [0.717, 1.165) is 30.0 Å². The summed E-state index contributed by atoms with van der Waals surface area (Å²) in [5.41, 5.74) is 1.09. The third-order valence-electron chi connectivity index (χ3n) is 3.07. The second-order valence-corrected chi connectivity index (χ2v) is 5.15. The molecule has 0 fully saturated rings. The van der Waals surface area contributed by atoms with Gasteiger partial charge in [-0.2, -0.15) is 0 Å². The SMILES string of the molecule is CCOc1ccc(CCNC(=O)NCCN(C)C)cc1OC. The standard InChI is InChI=1S/C16H27N3O3/c1-5-22-14-7-6-13(12-15(14)21-4)8-9-17-16(20)18-10-11-19(2)3/h6-7,12H,5,8-11H2,1-4H3,(H2,17,18,20). The normalized spacial score (nSPS) is 10.4. The molecule has 124 valence electrons. The van der Waals surface area contributed by atoms with Gasteiger partial charge in [0, 0.05) is 19.6 Å². The summed E-state index contributed by atoms with van der Waals surface area (Å²) in [4.78, 5) is 13.6. The Morgan fingerprint density at radius 3 is 2.55 bits per heavy atom. The largest absolute Gasteiger partial charge is 0.493 e. The van der Waals surface area contributed by atoms with Crippen LogP contribution in [0.2, 0.25) is 0 Å². The van der Waals surface area contributed by atoms with E-state index in [-0.39, 0.29) is 6.03 Å². The number of methoxy groups -OCH3 is 1. The van der Waals surface area contributed by atoms with Gasteiger partial charge in [0.1, 0.15) is 0 Å². The second-order valence-electron chi connectivity index (χ2n) is 5.15. The first kappa shape index (κ1) is 18.1. The molecule has 0 radical (unpaired) electrons. The molecule has 0 aliphatic heterocycles. The van der Waals surface area contributed by atoms with Crippen LogP contribution >= 0.6 is 0 Å². The summed E-state index contributed by atoms with van der Waals surface area (Å²) >= 11 is 0. The summed E-state index contributed by atoms with van der Waals surface area (Å²) in [6.07, 6.45) is 0.740. The predicted molar refractivity (Wildman–Crippen MR) is 87.8 cm³/mol. The third kappa shape index (κ3) is 6.67. The molecule has 0 unspecified atom stereocenters. The molecule has 1 aromatic carbocycles. The first-order valence-corrected chi connectivity index (χ1v) is 7.53. The van der Waals surface area contributed by atoms with Gasteiger partial charge in [0.05, 0.1) is 13.7 Å². The van der Waals surface area contributed by atoms with Gasteiger partial charge in [-0.15, -0.1) is 0 Å². The molecule has 0 bridgehead atoms. The fraction of sp³-hybridized carbons (Fsp3) is 0.562. The second kappa shape index (κ2) is 9.89. The maximum absolute atomic E-state index is 11.6. The monoisotopic (exact) mass is 309 g/mol. The molecule has 6 nitrogen and oxygen atoms in total. The number of benzene rings is 1. The summed E-state index contributed by atoms with van der Waals surface area (Å²) in [6.45, 7) is 4.57. The van der Waals surface area contributed by atoms with Crippen LogP contribution in [0.25, 0.3) is 0 Å². The van der Waals surface area contributed by atoms with Crippen molar-refractivity contribution in [3.63, 3.8) is 0 Å². The zero-order valence-corrected chi connectivity index (χ0v) is 13.9. The molecular weight excluding hydrogens is 282 g/mol. The minimum absolute atomic E-state index is 0.139. The van der Waals surface area contributed by atoms with Crippen LogP contribution in [0.3, 0.4) is 0 Å². The number of hydrogen-bond acceptors (Lipinski definition) is 4. The Labute approximate surface area is 132 Å². The van der Waals surface area contributed by atoms with Gasteiger partial charge in [0.25, 0.3) is 0 Å². The van der Waals surface area contributed by atoms with E-state index in [1.165, 1.54) is 0 Å². The maximum atomic E-state index is 11.6. The van der Waals surface area contributed by atoms with E-state index in [1.54, 1.807) is 7.11 Å². The highest BCUT2D eigenvalue weighted by atomic mass is 16.5. The van der Waals surface area contributed by atoms with Crippen molar-refractivity contribution in [1.82, 2.24) is 15.5 Å². The van der Waals surface area contributed by atoms with Crippen molar-refractivity contribution in [3.8, 4) is 11.5 Å². The highest BCUT2D eigenvalue weighted by Gasteiger charge is 2.06. The minimum atomic E-state index is -0.139. The number of carbonyl (C=O) groups excluding carboxylic acids is 1. The van der Waals surface area contributed by atoms with E-state index in [2.05, 4.69) is 10.6 Å². The molecule has 0 heterocycles. The summed E-state index contributed by atoms with van der Waals surface area (Å²) in [7, 11) is 5.57. The van der Waals surface area contributed by atoms with Gasteiger partial charge in [-0.1, -0.05) is 6.07 Å². The number of likely N-dealkylation sites (N-methyl/N-ethyl adjacent to an activating group) is 1. The molecule has 0 aliphatic rings. The number of nitrogens with zero attached hydrogens (tertiary/aromatic N) is 1. The van der Waals surface area contributed by atoms with Crippen molar-refractivity contribution in [2.45, 2.75) is 13.3 Å². The first-order valence-electron chi connectivity index (χ1n) is 7.53.